The Morgan fingerprint density at radius 1 is 1.91 bits per heavy atom. The van der Waals surface area contributed by atoms with E-state index in [1.165, 1.54) is 0 Å². The standard InChI is InChI=1S/C8H13N3/c1-3-4-11-6-8(5-10-11)7(2)9/h3,5-7H,1,4,9H2,2H3/t7-/m1/s1. The van der Waals surface area contributed by atoms with Crippen LogP contribution in [-0.4, -0.2) is 9.78 Å². The molecule has 1 aromatic heterocycles. The van der Waals surface area contributed by atoms with Gasteiger partial charge in [0.15, 0.2) is 0 Å². The van der Waals surface area contributed by atoms with E-state index in [0.717, 1.165) is 12.1 Å². The van der Waals surface area contributed by atoms with E-state index in [0.29, 0.717) is 0 Å². The number of aromatic nitrogens is 2. The number of allylic oxidation sites excluding steroid dienone is 1. The molecule has 1 heterocycles. The average molecular weight is 151 g/mol. The van der Waals surface area contributed by atoms with Crippen LogP contribution in [0.4, 0.5) is 0 Å². The largest absolute Gasteiger partial charge is 0.324 e. The second kappa shape index (κ2) is 3.34. The summed E-state index contributed by atoms with van der Waals surface area (Å²) in [6.45, 7) is 6.30. The van der Waals surface area contributed by atoms with Crippen LogP contribution < -0.4 is 5.73 Å². The van der Waals surface area contributed by atoms with Crippen molar-refractivity contribution in [1.82, 2.24) is 9.78 Å². The van der Waals surface area contributed by atoms with Crippen molar-refractivity contribution < 1.29 is 0 Å². The minimum absolute atomic E-state index is 0.0635. The lowest BCUT2D eigenvalue weighted by Gasteiger charge is -1.97. The minimum atomic E-state index is 0.0635. The molecule has 0 unspecified atom stereocenters. The predicted molar refractivity (Wildman–Crippen MR) is 45.0 cm³/mol. The van der Waals surface area contributed by atoms with Crippen LogP contribution in [0.2, 0.25) is 0 Å². The first kappa shape index (κ1) is 8.01. The zero-order valence-electron chi connectivity index (χ0n) is 6.70. The minimum Gasteiger partial charge on any atom is -0.324 e. The Bertz CT molecular complexity index is 237. The van der Waals surface area contributed by atoms with Crippen LogP contribution >= 0.6 is 0 Å². The maximum Gasteiger partial charge on any atom is 0.0587 e. The Hall–Kier alpha value is -1.09. The first-order valence-corrected chi connectivity index (χ1v) is 3.63. The second-order valence-corrected chi connectivity index (χ2v) is 2.57. The molecule has 1 rings (SSSR count). The van der Waals surface area contributed by atoms with E-state index < -0.39 is 0 Å². The van der Waals surface area contributed by atoms with Crippen LogP contribution in [0.25, 0.3) is 0 Å². The molecule has 2 N–H and O–H groups in total. The van der Waals surface area contributed by atoms with Crippen LogP contribution in [0.3, 0.4) is 0 Å². The summed E-state index contributed by atoms with van der Waals surface area (Å²) in [5.41, 5.74) is 6.71. The zero-order chi connectivity index (χ0) is 8.27. The molecule has 1 aromatic rings. The molecule has 1 atom stereocenters. The van der Waals surface area contributed by atoms with Gasteiger partial charge in [-0.1, -0.05) is 6.08 Å². The Morgan fingerprint density at radius 3 is 3.09 bits per heavy atom. The fourth-order valence-corrected chi connectivity index (χ4v) is 0.847. The van der Waals surface area contributed by atoms with Crippen molar-refractivity contribution in [2.24, 2.45) is 5.73 Å². The zero-order valence-corrected chi connectivity index (χ0v) is 6.70. The summed E-state index contributed by atoms with van der Waals surface area (Å²) >= 11 is 0. The van der Waals surface area contributed by atoms with Crippen LogP contribution in [-0.2, 0) is 6.54 Å². The highest BCUT2D eigenvalue weighted by Gasteiger charge is 2.00. The molecule has 0 saturated carbocycles. The molecular formula is C8H13N3. The third kappa shape index (κ3) is 1.91. The molecule has 0 aliphatic carbocycles. The summed E-state index contributed by atoms with van der Waals surface area (Å²) in [7, 11) is 0. The maximum absolute atomic E-state index is 5.64. The summed E-state index contributed by atoms with van der Waals surface area (Å²) < 4.78 is 1.81. The third-order valence-corrected chi connectivity index (χ3v) is 1.50. The molecule has 3 nitrogen and oxygen atoms in total. The van der Waals surface area contributed by atoms with Crippen LogP contribution in [0.15, 0.2) is 25.0 Å². The molecule has 0 bridgehead atoms. The quantitative estimate of drug-likeness (QED) is 0.657. The van der Waals surface area contributed by atoms with Gasteiger partial charge < -0.3 is 5.73 Å². The molecule has 0 aromatic carbocycles. The molecule has 0 spiro atoms. The van der Waals surface area contributed by atoms with E-state index in [4.69, 9.17) is 5.73 Å². The Labute approximate surface area is 66.5 Å². The van der Waals surface area contributed by atoms with Gasteiger partial charge in [0, 0.05) is 17.8 Å². The molecule has 0 amide bonds. The van der Waals surface area contributed by atoms with Crippen molar-refractivity contribution in [3.05, 3.63) is 30.6 Å². The van der Waals surface area contributed by atoms with E-state index in [1.54, 1.807) is 12.3 Å². The first-order chi connectivity index (χ1) is 5.24. The third-order valence-electron chi connectivity index (χ3n) is 1.50. The van der Waals surface area contributed by atoms with Gasteiger partial charge in [-0.2, -0.15) is 5.10 Å². The highest BCUT2D eigenvalue weighted by molar-refractivity contribution is 5.08. The number of nitrogens with two attached hydrogens (primary N) is 1. The van der Waals surface area contributed by atoms with Gasteiger partial charge in [-0.15, -0.1) is 6.58 Å². The van der Waals surface area contributed by atoms with Crippen molar-refractivity contribution in [2.75, 3.05) is 0 Å². The highest BCUT2D eigenvalue weighted by Crippen LogP contribution is 2.06. The number of hydrogen-bond donors (Lipinski definition) is 1. The first-order valence-electron chi connectivity index (χ1n) is 3.63. The number of rotatable bonds is 3. The molecular weight excluding hydrogens is 138 g/mol. The summed E-state index contributed by atoms with van der Waals surface area (Å²) in [5.74, 6) is 0. The van der Waals surface area contributed by atoms with Gasteiger partial charge in [0.25, 0.3) is 0 Å². The Morgan fingerprint density at radius 2 is 2.64 bits per heavy atom. The highest BCUT2D eigenvalue weighted by atomic mass is 15.3. The van der Waals surface area contributed by atoms with Gasteiger partial charge >= 0.3 is 0 Å². The lowest BCUT2D eigenvalue weighted by Crippen LogP contribution is -2.03. The van der Waals surface area contributed by atoms with Gasteiger partial charge in [0.2, 0.25) is 0 Å². The lowest BCUT2D eigenvalue weighted by atomic mass is 10.2. The fourth-order valence-electron chi connectivity index (χ4n) is 0.847. The van der Waals surface area contributed by atoms with E-state index in [9.17, 15) is 0 Å². The normalized spacial score (nSPS) is 12.9. The fraction of sp³-hybridized carbons (Fsp3) is 0.375. The summed E-state index contributed by atoms with van der Waals surface area (Å²) in [6, 6.07) is 0.0635. The Balaban J connectivity index is 2.73. The van der Waals surface area contributed by atoms with Crippen LogP contribution in [0.1, 0.15) is 18.5 Å². The molecule has 3 heteroatoms. The predicted octanol–water partition coefficient (Wildman–Crippen LogP) is 1.09. The molecule has 0 fully saturated rings. The maximum atomic E-state index is 5.64. The molecule has 60 valence electrons. The van der Waals surface area contributed by atoms with Crippen molar-refractivity contribution >= 4 is 0 Å². The summed E-state index contributed by atoms with van der Waals surface area (Å²) in [6.07, 6.45) is 5.53. The molecule has 11 heavy (non-hydrogen) atoms. The van der Waals surface area contributed by atoms with Crippen LogP contribution in [0.5, 0.6) is 0 Å². The van der Waals surface area contributed by atoms with Gasteiger partial charge in [-0.25, -0.2) is 0 Å². The van der Waals surface area contributed by atoms with Crippen LogP contribution in [0, 0.1) is 0 Å². The molecule has 0 aliphatic heterocycles. The van der Waals surface area contributed by atoms with Gasteiger partial charge in [0.05, 0.1) is 12.7 Å². The number of nitrogens with zero attached hydrogens (tertiary/aromatic N) is 2. The summed E-state index contributed by atoms with van der Waals surface area (Å²) in [4.78, 5) is 0. The summed E-state index contributed by atoms with van der Waals surface area (Å²) in [5, 5.41) is 4.09. The van der Waals surface area contributed by atoms with Gasteiger partial charge in [0.1, 0.15) is 0 Å². The molecule has 0 aliphatic rings. The monoisotopic (exact) mass is 151 g/mol. The van der Waals surface area contributed by atoms with Crippen molar-refractivity contribution in [2.45, 2.75) is 19.5 Å². The second-order valence-electron chi connectivity index (χ2n) is 2.57. The molecule has 0 radical (unpaired) electrons. The van der Waals surface area contributed by atoms with Crippen molar-refractivity contribution in [3.8, 4) is 0 Å². The topological polar surface area (TPSA) is 43.8 Å². The van der Waals surface area contributed by atoms with E-state index in [2.05, 4.69) is 11.7 Å². The van der Waals surface area contributed by atoms with E-state index in [-0.39, 0.29) is 6.04 Å². The SMILES string of the molecule is C=CCn1cc([C@@H](C)N)cn1. The smallest absolute Gasteiger partial charge is 0.0587 e. The van der Waals surface area contributed by atoms with Crippen molar-refractivity contribution in [3.63, 3.8) is 0 Å². The Kier molecular flexibility index (Phi) is 2.44. The number of hydrogen-bond acceptors (Lipinski definition) is 2. The van der Waals surface area contributed by atoms with Gasteiger partial charge in [-0.3, -0.25) is 4.68 Å². The van der Waals surface area contributed by atoms with Gasteiger partial charge in [-0.05, 0) is 6.92 Å². The van der Waals surface area contributed by atoms with E-state index in [1.807, 2.05) is 17.8 Å². The molecule has 0 saturated heterocycles. The van der Waals surface area contributed by atoms with E-state index >= 15 is 0 Å². The average Bonchev–Trinajstić information content (AvgIpc) is 2.37. The van der Waals surface area contributed by atoms with Crippen molar-refractivity contribution in [1.29, 1.82) is 0 Å². The lowest BCUT2D eigenvalue weighted by molar-refractivity contribution is 0.700.